The van der Waals surface area contributed by atoms with Crippen LogP contribution in [0.3, 0.4) is 0 Å². The van der Waals surface area contributed by atoms with Crippen LogP contribution in [0.2, 0.25) is 0 Å². The number of nitrogens with zero attached hydrogens (tertiary/aromatic N) is 2. The molecule has 2 aromatic heterocycles. The Balaban J connectivity index is 1.77. The van der Waals surface area contributed by atoms with Crippen molar-refractivity contribution in [2.24, 2.45) is 0 Å². The number of halogens is 1. The van der Waals surface area contributed by atoms with Crippen LogP contribution in [-0.2, 0) is 4.79 Å². The van der Waals surface area contributed by atoms with Crippen LogP contribution in [-0.4, -0.2) is 22.0 Å². The maximum absolute atomic E-state index is 14.2. The fourth-order valence-electron chi connectivity index (χ4n) is 2.09. The lowest BCUT2D eigenvalue weighted by Crippen LogP contribution is -2.10. The molecule has 2 heterocycles. The summed E-state index contributed by atoms with van der Waals surface area (Å²) in [5.41, 5.74) is 1.59. The molecule has 3 rings (SSSR count). The number of hydrogen-bond donors (Lipinski definition) is 2. The molecule has 0 bridgehead atoms. The van der Waals surface area contributed by atoms with Gasteiger partial charge < -0.3 is 9.84 Å². The number of thiazole rings is 1. The molecule has 0 spiro atoms. The molecule has 2 N–H and O–H groups in total. The molecule has 2 amide bonds. The predicted octanol–water partition coefficient (Wildman–Crippen LogP) is 3.46. The highest BCUT2D eigenvalue weighted by Crippen LogP contribution is 2.29. The molecule has 7 nitrogen and oxygen atoms in total. The summed E-state index contributed by atoms with van der Waals surface area (Å²) in [6, 6.07) is 5.81. The van der Waals surface area contributed by atoms with E-state index in [4.69, 9.17) is 4.52 Å². The number of amides is 2. The van der Waals surface area contributed by atoms with Crippen molar-refractivity contribution in [2.75, 3.05) is 10.6 Å². The second-order valence-electron chi connectivity index (χ2n) is 5.20. The van der Waals surface area contributed by atoms with Crippen molar-refractivity contribution in [2.45, 2.75) is 13.8 Å². The number of carbonyl (C=O) groups is 2. The van der Waals surface area contributed by atoms with Crippen molar-refractivity contribution in [1.82, 2.24) is 10.1 Å². The molecule has 0 aliphatic heterocycles. The lowest BCUT2D eigenvalue weighted by atomic mass is 10.1. The highest BCUT2D eigenvalue weighted by Gasteiger charge is 2.15. The quantitative estimate of drug-likeness (QED) is 0.743. The smallest absolute Gasteiger partial charge is 0.296 e. The van der Waals surface area contributed by atoms with Crippen molar-refractivity contribution in [3.8, 4) is 11.3 Å². The van der Waals surface area contributed by atoms with Gasteiger partial charge in [0, 0.05) is 29.6 Å². The first-order valence-electron chi connectivity index (χ1n) is 7.20. The molecule has 0 radical (unpaired) electrons. The Labute approximate surface area is 145 Å². The third kappa shape index (κ3) is 3.89. The van der Waals surface area contributed by atoms with E-state index in [1.54, 1.807) is 18.4 Å². The molecule has 0 aliphatic rings. The van der Waals surface area contributed by atoms with Crippen LogP contribution < -0.4 is 10.6 Å². The van der Waals surface area contributed by atoms with Gasteiger partial charge in [0.05, 0.1) is 11.4 Å². The van der Waals surface area contributed by atoms with E-state index in [1.165, 1.54) is 25.1 Å². The third-order valence-corrected chi connectivity index (χ3v) is 3.90. The number of hydrogen-bond acceptors (Lipinski definition) is 6. The van der Waals surface area contributed by atoms with Gasteiger partial charge in [-0.2, -0.15) is 0 Å². The van der Waals surface area contributed by atoms with Crippen molar-refractivity contribution in [3.05, 3.63) is 46.9 Å². The number of benzene rings is 1. The Morgan fingerprint density at radius 1 is 1.24 bits per heavy atom. The van der Waals surface area contributed by atoms with E-state index in [0.717, 1.165) is 11.3 Å². The summed E-state index contributed by atoms with van der Waals surface area (Å²) in [4.78, 5) is 27.2. The number of carbonyl (C=O) groups excluding carboxylic acids is 2. The zero-order valence-electron chi connectivity index (χ0n) is 13.3. The van der Waals surface area contributed by atoms with E-state index in [0.29, 0.717) is 22.2 Å². The van der Waals surface area contributed by atoms with Gasteiger partial charge in [-0.25, -0.2) is 9.37 Å². The Morgan fingerprint density at radius 2 is 2.04 bits per heavy atom. The molecule has 0 aliphatic carbocycles. The van der Waals surface area contributed by atoms with E-state index >= 15 is 0 Å². The Hall–Kier alpha value is -3.07. The molecular weight excluding hydrogens is 347 g/mol. The second-order valence-corrected chi connectivity index (χ2v) is 6.06. The van der Waals surface area contributed by atoms with Crippen LogP contribution in [0.5, 0.6) is 0 Å². The van der Waals surface area contributed by atoms with Crippen LogP contribution in [0, 0.1) is 12.7 Å². The zero-order chi connectivity index (χ0) is 18.0. The van der Waals surface area contributed by atoms with Gasteiger partial charge >= 0.3 is 0 Å². The minimum atomic E-state index is -0.528. The number of aryl methyl sites for hydroxylation is 1. The minimum absolute atomic E-state index is 0.0695. The lowest BCUT2D eigenvalue weighted by molar-refractivity contribution is -0.114. The van der Waals surface area contributed by atoms with Crippen LogP contribution in [0.25, 0.3) is 11.3 Å². The minimum Gasteiger partial charge on any atom is -0.351 e. The van der Waals surface area contributed by atoms with E-state index in [2.05, 4.69) is 20.8 Å². The van der Waals surface area contributed by atoms with Crippen molar-refractivity contribution in [3.63, 3.8) is 0 Å². The van der Waals surface area contributed by atoms with E-state index < -0.39 is 11.7 Å². The van der Waals surface area contributed by atoms with Gasteiger partial charge in [-0.1, -0.05) is 5.16 Å². The van der Waals surface area contributed by atoms with E-state index in [-0.39, 0.29) is 17.2 Å². The van der Waals surface area contributed by atoms with Crippen molar-refractivity contribution in [1.29, 1.82) is 0 Å². The first kappa shape index (κ1) is 16.8. The predicted molar refractivity (Wildman–Crippen MR) is 91.0 cm³/mol. The molecule has 0 saturated heterocycles. The first-order chi connectivity index (χ1) is 11.9. The first-order valence-corrected chi connectivity index (χ1v) is 8.08. The van der Waals surface area contributed by atoms with Crippen molar-refractivity contribution >= 4 is 34.0 Å². The summed E-state index contributed by atoms with van der Waals surface area (Å²) in [5.74, 6) is -1.23. The number of nitrogens with one attached hydrogen (secondary N) is 2. The standard InChI is InChI=1S/C16H13FN4O3S/c1-8-5-14(24-21-8)15(23)20-16-19-13(7-25-16)11-4-3-10(6-12(11)17)18-9(2)22/h3-7H,1-2H3,(H,18,22)(H,19,20,23). The number of rotatable bonds is 4. The topological polar surface area (TPSA) is 97.1 Å². The summed E-state index contributed by atoms with van der Waals surface area (Å²) in [6.45, 7) is 3.05. The highest BCUT2D eigenvalue weighted by atomic mass is 32.1. The normalized spacial score (nSPS) is 10.5. The molecule has 3 aromatic rings. The van der Waals surface area contributed by atoms with Crippen LogP contribution in [0.15, 0.2) is 34.2 Å². The second kappa shape index (κ2) is 6.81. The molecule has 0 saturated carbocycles. The average molecular weight is 360 g/mol. The van der Waals surface area contributed by atoms with Gasteiger partial charge in [-0.3, -0.25) is 14.9 Å². The van der Waals surface area contributed by atoms with Gasteiger partial charge in [0.2, 0.25) is 11.7 Å². The summed E-state index contributed by atoms with van der Waals surface area (Å²) < 4.78 is 19.1. The van der Waals surface area contributed by atoms with Crippen LogP contribution in [0.4, 0.5) is 15.2 Å². The Bertz CT molecular complexity index is 951. The number of aromatic nitrogens is 2. The van der Waals surface area contributed by atoms with E-state index in [1.807, 2.05) is 0 Å². The fourth-order valence-corrected chi connectivity index (χ4v) is 2.79. The largest absolute Gasteiger partial charge is 0.351 e. The summed E-state index contributed by atoms with van der Waals surface area (Å²) >= 11 is 1.16. The average Bonchev–Trinajstić information content (AvgIpc) is 3.16. The maximum atomic E-state index is 14.2. The maximum Gasteiger partial charge on any atom is 0.296 e. The zero-order valence-corrected chi connectivity index (χ0v) is 14.1. The molecule has 9 heteroatoms. The molecule has 25 heavy (non-hydrogen) atoms. The SMILES string of the molecule is CC(=O)Nc1ccc(-c2csc(NC(=O)c3cc(C)no3)n2)c(F)c1. The van der Waals surface area contributed by atoms with Gasteiger partial charge in [0.1, 0.15) is 5.82 Å². The molecule has 128 valence electrons. The van der Waals surface area contributed by atoms with Gasteiger partial charge in [-0.15, -0.1) is 11.3 Å². The molecule has 1 aromatic carbocycles. The van der Waals surface area contributed by atoms with Crippen molar-refractivity contribution < 1.29 is 18.5 Å². The monoisotopic (exact) mass is 360 g/mol. The third-order valence-electron chi connectivity index (χ3n) is 3.14. The summed E-state index contributed by atoms with van der Waals surface area (Å²) in [6.07, 6.45) is 0. The van der Waals surface area contributed by atoms with Crippen LogP contribution in [0.1, 0.15) is 23.2 Å². The molecular formula is C16H13FN4O3S. The summed E-state index contributed by atoms with van der Waals surface area (Å²) in [5, 5.41) is 10.6. The molecule has 0 unspecified atom stereocenters. The van der Waals surface area contributed by atoms with Gasteiger partial charge in [-0.05, 0) is 25.1 Å². The van der Waals surface area contributed by atoms with Crippen LogP contribution >= 0.6 is 11.3 Å². The number of anilines is 2. The van der Waals surface area contributed by atoms with Gasteiger partial charge in [0.25, 0.3) is 5.91 Å². The van der Waals surface area contributed by atoms with E-state index in [9.17, 15) is 14.0 Å². The Morgan fingerprint density at radius 3 is 2.68 bits per heavy atom. The highest BCUT2D eigenvalue weighted by molar-refractivity contribution is 7.14. The summed E-state index contributed by atoms with van der Waals surface area (Å²) in [7, 11) is 0. The van der Waals surface area contributed by atoms with Gasteiger partial charge in [0.15, 0.2) is 5.13 Å². The Kier molecular flexibility index (Phi) is 4.57. The molecule has 0 atom stereocenters. The molecule has 0 fully saturated rings. The lowest BCUT2D eigenvalue weighted by Gasteiger charge is -2.04. The fraction of sp³-hybridized carbons (Fsp3) is 0.125.